The van der Waals surface area contributed by atoms with Crippen molar-refractivity contribution in [1.82, 2.24) is 5.32 Å². The number of anilines is 1. The molecule has 1 N–H and O–H groups in total. The third kappa shape index (κ3) is 3.71. The molecule has 1 heterocycles. The SMILES string of the molecule is CCC[C@@H](C)NC(=O)[C@@H]1CN(S(C)(=O)=O)c2ccccc2O1. The summed E-state index contributed by atoms with van der Waals surface area (Å²) in [6.45, 7) is 3.95. The second-order valence-corrected chi connectivity index (χ2v) is 7.47. The summed E-state index contributed by atoms with van der Waals surface area (Å²) in [6, 6.07) is 6.86. The van der Waals surface area contributed by atoms with Crippen molar-refractivity contribution >= 4 is 21.6 Å². The lowest BCUT2D eigenvalue weighted by molar-refractivity contribution is -0.128. The van der Waals surface area contributed by atoms with Gasteiger partial charge in [-0.2, -0.15) is 0 Å². The van der Waals surface area contributed by atoms with Crippen molar-refractivity contribution in [3.05, 3.63) is 24.3 Å². The highest BCUT2D eigenvalue weighted by atomic mass is 32.2. The number of carbonyl (C=O) groups is 1. The van der Waals surface area contributed by atoms with E-state index in [1.165, 1.54) is 4.31 Å². The van der Waals surface area contributed by atoms with Crippen molar-refractivity contribution in [2.45, 2.75) is 38.8 Å². The summed E-state index contributed by atoms with van der Waals surface area (Å²) in [5.74, 6) is 0.117. The highest BCUT2D eigenvalue weighted by Crippen LogP contribution is 2.34. The molecule has 1 aliphatic heterocycles. The quantitative estimate of drug-likeness (QED) is 0.890. The van der Waals surface area contributed by atoms with Crippen LogP contribution >= 0.6 is 0 Å². The van der Waals surface area contributed by atoms with Crippen molar-refractivity contribution in [1.29, 1.82) is 0 Å². The second kappa shape index (κ2) is 6.56. The molecular weight excluding hydrogens is 304 g/mol. The van der Waals surface area contributed by atoms with Gasteiger partial charge in [0.15, 0.2) is 6.10 Å². The Kier molecular flexibility index (Phi) is 4.95. The molecule has 1 aliphatic rings. The topological polar surface area (TPSA) is 75.7 Å². The van der Waals surface area contributed by atoms with Gasteiger partial charge in [0.2, 0.25) is 10.0 Å². The van der Waals surface area contributed by atoms with Crippen LogP contribution < -0.4 is 14.4 Å². The third-order valence-electron chi connectivity index (χ3n) is 3.54. The normalized spacial score (nSPS) is 19.0. The number of para-hydroxylation sites is 2. The van der Waals surface area contributed by atoms with Crippen molar-refractivity contribution in [3.63, 3.8) is 0 Å². The van der Waals surface area contributed by atoms with Gasteiger partial charge in [0.1, 0.15) is 5.75 Å². The number of hydrogen-bond acceptors (Lipinski definition) is 4. The lowest BCUT2D eigenvalue weighted by Gasteiger charge is -2.34. The number of amides is 1. The van der Waals surface area contributed by atoms with Gasteiger partial charge in [-0.1, -0.05) is 25.5 Å². The number of sulfonamides is 1. The predicted octanol–water partition coefficient (Wildman–Crippen LogP) is 1.52. The average Bonchev–Trinajstić information content (AvgIpc) is 2.45. The number of nitrogens with one attached hydrogen (secondary N) is 1. The van der Waals surface area contributed by atoms with E-state index in [1.54, 1.807) is 24.3 Å². The molecule has 1 aromatic carbocycles. The number of ether oxygens (including phenoxy) is 1. The molecule has 0 spiro atoms. The fourth-order valence-electron chi connectivity index (χ4n) is 2.49. The van der Waals surface area contributed by atoms with Crippen LogP contribution in [-0.4, -0.2) is 39.3 Å². The molecule has 0 aromatic heterocycles. The van der Waals surface area contributed by atoms with Crippen LogP contribution in [0.4, 0.5) is 5.69 Å². The summed E-state index contributed by atoms with van der Waals surface area (Å²) in [7, 11) is -3.47. The maximum Gasteiger partial charge on any atom is 0.263 e. The minimum atomic E-state index is -3.47. The van der Waals surface area contributed by atoms with E-state index in [0.29, 0.717) is 11.4 Å². The van der Waals surface area contributed by atoms with Crippen LogP contribution in [0.3, 0.4) is 0 Å². The molecule has 0 fully saturated rings. The number of fused-ring (bicyclic) bond motifs is 1. The molecule has 7 heteroatoms. The maximum absolute atomic E-state index is 12.3. The van der Waals surface area contributed by atoms with Crippen LogP contribution in [-0.2, 0) is 14.8 Å². The molecule has 1 amide bonds. The van der Waals surface area contributed by atoms with Crippen molar-refractivity contribution < 1.29 is 17.9 Å². The fourth-order valence-corrected chi connectivity index (χ4v) is 3.41. The monoisotopic (exact) mass is 326 g/mol. The first-order valence-corrected chi connectivity index (χ1v) is 9.21. The number of nitrogens with zero attached hydrogens (tertiary/aromatic N) is 1. The van der Waals surface area contributed by atoms with E-state index < -0.39 is 16.1 Å². The van der Waals surface area contributed by atoms with E-state index in [-0.39, 0.29) is 18.5 Å². The number of benzene rings is 1. The van der Waals surface area contributed by atoms with Gasteiger partial charge >= 0.3 is 0 Å². The zero-order valence-corrected chi connectivity index (χ0v) is 13.9. The lowest BCUT2D eigenvalue weighted by Crippen LogP contribution is -2.52. The highest BCUT2D eigenvalue weighted by Gasteiger charge is 2.35. The zero-order chi connectivity index (χ0) is 16.3. The first kappa shape index (κ1) is 16.6. The first-order valence-electron chi connectivity index (χ1n) is 7.36. The Hall–Kier alpha value is -1.76. The summed E-state index contributed by atoms with van der Waals surface area (Å²) in [4.78, 5) is 12.3. The Balaban J connectivity index is 2.22. The van der Waals surface area contributed by atoms with Crippen LogP contribution in [0.15, 0.2) is 24.3 Å². The van der Waals surface area contributed by atoms with Gasteiger partial charge in [-0.15, -0.1) is 0 Å². The van der Waals surface area contributed by atoms with Crippen LogP contribution in [0.25, 0.3) is 0 Å². The van der Waals surface area contributed by atoms with Gasteiger partial charge in [-0.05, 0) is 25.5 Å². The molecule has 6 nitrogen and oxygen atoms in total. The van der Waals surface area contributed by atoms with E-state index in [9.17, 15) is 13.2 Å². The van der Waals surface area contributed by atoms with E-state index in [4.69, 9.17) is 4.74 Å². The smallest absolute Gasteiger partial charge is 0.263 e. The molecule has 22 heavy (non-hydrogen) atoms. The Morgan fingerprint density at radius 1 is 1.45 bits per heavy atom. The Morgan fingerprint density at radius 3 is 2.77 bits per heavy atom. The van der Waals surface area contributed by atoms with E-state index >= 15 is 0 Å². The Labute approximate surface area is 131 Å². The van der Waals surface area contributed by atoms with Crippen LogP contribution in [0, 0.1) is 0 Å². The fraction of sp³-hybridized carbons (Fsp3) is 0.533. The molecule has 0 unspecified atom stereocenters. The third-order valence-corrected chi connectivity index (χ3v) is 4.68. The molecule has 2 atom stereocenters. The van der Waals surface area contributed by atoms with Gasteiger partial charge in [0.05, 0.1) is 18.5 Å². The zero-order valence-electron chi connectivity index (χ0n) is 13.1. The van der Waals surface area contributed by atoms with Crippen molar-refractivity contribution in [3.8, 4) is 5.75 Å². The minimum absolute atomic E-state index is 0.0134. The Morgan fingerprint density at radius 2 is 2.14 bits per heavy atom. The first-order chi connectivity index (χ1) is 10.3. The van der Waals surface area contributed by atoms with E-state index in [2.05, 4.69) is 5.32 Å². The standard InChI is InChI=1S/C15H22N2O4S/c1-4-7-11(2)16-15(18)14-10-17(22(3,19)20)12-8-5-6-9-13(12)21-14/h5-6,8-9,11,14H,4,7,10H2,1-3H3,(H,16,18)/t11-,14+/m1/s1. The maximum atomic E-state index is 12.3. The molecule has 0 aliphatic carbocycles. The molecule has 0 saturated carbocycles. The molecule has 2 rings (SSSR count). The van der Waals surface area contributed by atoms with E-state index in [1.807, 2.05) is 13.8 Å². The van der Waals surface area contributed by atoms with Gasteiger partial charge < -0.3 is 10.1 Å². The van der Waals surface area contributed by atoms with Crippen LogP contribution in [0.2, 0.25) is 0 Å². The molecule has 0 bridgehead atoms. The second-order valence-electron chi connectivity index (χ2n) is 5.57. The number of rotatable bonds is 5. The average molecular weight is 326 g/mol. The molecule has 1 aromatic rings. The summed E-state index contributed by atoms with van der Waals surface area (Å²) in [6.07, 6.45) is 2.11. The van der Waals surface area contributed by atoms with Crippen LogP contribution in [0.5, 0.6) is 5.75 Å². The largest absolute Gasteiger partial charge is 0.476 e. The lowest BCUT2D eigenvalue weighted by atomic mass is 10.1. The van der Waals surface area contributed by atoms with Gasteiger partial charge in [-0.3, -0.25) is 9.10 Å². The summed E-state index contributed by atoms with van der Waals surface area (Å²) >= 11 is 0. The highest BCUT2D eigenvalue weighted by molar-refractivity contribution is 7.92. The van der Waals surface area contributed by atoms with Crippen molar-refractivity contribution in [2.24, 2.45) is 0 Å². The van der Waals surface area contributed by atoms with Gasteiger partial charge in [-0.25, -0.2) is 8.42 Å². The molecule has 0 saturated heterocycles. The van der Waals surface area contributed by atoms with Crippen LogP contribution in [0.1, 0.15) is 26.7 Å². The minimum Gasteiger partial charge on any atom is -0.476 e. The predicted molar refractivity (Wildman–Crippen MR) is 85.6 cm³/mol. The van der Waals surface area contributed by atoms with Crippen molar-refractivity contribution in [2.75, 3.05) is 17.1 Å². The summed E-state index contributed by atoms with van der Waals surface area (Å²) in [5.41, 5.74) is 0.468. The van der Waals surface area contributed by atoms with Gasteiger partial charge in [0, 0.05) is 6.04 Å². The molecule has 122 valence electrons. The van der Waals surface area contributed by atoms with E-state index in [0.717, 1.165) is 19.1 Å². The molecular formula is C15H22N2O4S. The number of hydrogen-bond donors (Lipinski definition) is 1. The molecule has 0 radical (unpaired) electrons. The summed E-state index contributed by atoms with van der Waals surface area (Å²) in [5, 5.41) is 2.87. The van der Waals surface area contributed by atoms with Gasteiger partial charge in [0.25, 0.3) is 5.91 Å². The number of carbonyl (C=O) groups excluding carboxylic acids is 1. The Bertz CT molecular complexity index is 645. The summed E-state index contributed by atoms with van der Waals surface area (Å²) < 4.78 is 30.9.